The fourth-order valence-corrected chi connectivity index (χ4v) is 7.25. The first-order valence-corrected chi connectivity index (χ1v) is 7.58. The molecule has 0 atom stereocenters. The molecule has 6 heteroatoms. The zero-order valence-corrected chi connectivity index (χ0v) is 9.25. The van der Waals surface area contributed by atoms with Crippen LogP contribution in [0.1, 0.15) is 5.56 Å². The van der Waals surface area contributed by atoms with E-state index in [4.69, 9.17) is 0 Å². The van der Waals surface area contributed by atoms with E-state index in [-0.39, 0.29) is 5.56 Å². The van der Waals surface area contributed by atoms with Gasteiger partial charge in [0.25, 0.3) is 17.7 Å². The molecule has 1 fully saturated rings. The lowest BCUT2D eigenvalue weighted by molar-refractivity contribution is 0.603. The van der Waals surface area contributed by atoms with Crippen molar-refractivity contribution in [2.24, 2.45) is 0 Å². The summed E-state index contributed by atoms with van der Waals surface area (Å²) in [6.45, 7) is 3.30. The maximum atomic E-state index is 11.4. The number of benzene rings is 1. The van der Waals surface area contributed by atoms with Gasteiger partial charge >= 0.3 is 0 Å². The second kappa shape index (κ2) is 2.70. The molecule has 0 spiro atoms. The molecule has 0 N–H and O–H groups in total. The van der Waals surface area contributed by atoms with Crippen LogP contribution in [0.2, 0.25) is 0 Å². The van der Waals surface area contributed by atoms with E-state index in [2.05, 4.69) is 6.58 Å². The molecule has 0 radical (unpaired) electrons. The summed E-state index contributed by atoms with van der Waals surface area (Å²) in [6, 6.07) is 7.78. The largest absolute Gasteiger partial charge is 0.284 e. The van der Waals surface area contributed by atoms with Crippen LogP contribution in [0.3, 0.4) is 0 Å². The third-order valence-corrected chi connectivity index (χ3v) is 9.14. The average Bonchev–Trinajstić information content (AvgIpc) is 2.55. The zero-order chi connectivity index (χ0) is 11.3. The van der Waals surface area contributed by atoms with Gasteiger partial charge in [0.2, 0.25) is 4.08 Å². The highest BCUT2D eigenvalue weighted by Gasteiger charge is 2.79. The van der Waals surface area contributed by atoms with Crippen molar-refractivity contribution >= 4 is 17.7 Å². The fraction of sp³-hybridized carbons (Fsp3) is 0.111. The monoisotopic (exact) mass is 244 g/mol. The summed E-state index contributed by atoms with van der Waals surface area (Å²) in [5.74, 6) is 0. The topological polar surface area (TPSA) is 68.3 Å². The predicted molar refractivity (Wildman–Crippen MR) is 56.2 cm³/mol. The molecule has 80 valence electrons. The highest BCUT2D eigenvalue weighted by atomic mass is 33.2. The Kier molecular flexibility index (Phi) is 1.87. The van der Waals surface area contributed by atoms with Gasteiger partial charge < -0.3 is 0 Å². The quantitative estimate of drug-likeness (QED) is 0.438. The highest BCUT2D eigenvalue weighted by Crippen LogP contribution is 2.57. The van der Waals surface area contributed by atoms with Gasteiger partial charge in [-0.05, 0) is 11.6 Å². The van der Waals surface area contributed by atoms with Crippen LogP contribution >= 0.6 is 0 Å². The minimum absolute atomic E-state index is 0.222. The Morgan fingerprint density at radius 3 is 1.80 bits per heavy atom. The van der Waals surface area contributed by atoms with Crippen molar-refractivity contribution in [3.63, 3.8) is 0 Å². The lowest BCUT2D eigenvalue weighted by atomic mass is 10.1. The van der Waals surface area contributed by atoms with E-state index in [0.717, 1.165) is 6.08 Å². The molecular weight excluding hydrogens is 236 g/mol. The Morgan fingerprint density at radius 2 is 1.47 bits per heavy atom. The second-order valence-corrected chi connectivity index (χ2v) is 9.14. The van der Waals surface area contributed by atoms with E-state index in [1.165, 1.54) is 12.1 Å². The van der Waals surface area contributed by atoms with Crippen LogP contribution < -0.4 is 0 Å². The third-order valence-electron chi connectivity index (χ3n) is 2.45. The van der Waals surface area contributed by atoms with Gasteiger partial charge in [-0.25, -0.2) is 16.8 Å². The molecule has 0 saturated carbocycles. The fourth-order valence-electron chi connectivity index (χ4n) is 1.58. The SMILES string of the molecule is C=CC1(c2ccccc2)S(=O)(=O)S1(=O)=O. The minimum Gasteiger partial charge on any atom is -0.210 e. The van der Waals surface area contributed by atoms with E-state index in [0.29, 0.717) is 0 Å². The molecule has 0 aliphatic carbocycles. The first-order chi connectivity index (χ1) is 6.92. The van der Waals surface area contributed by atoms with Crippen molar-refractivity contribution in [2.75, 3.05) is 0 Å². The van der Waals surface area contributed by atoms with E-state index in [9.17, 15) is 16.8 Å². The van der Waals surface area contributed by atoms with Crippen molar-refractivity contribution in [1.82, 2.24) is 0 Å². The molecule has 2 rings (SSSR count). The van der Waals surface area contributed by atoms with Gasteiger partial charge in [-0.3, -0.25) is 0 Å². The molecular formula is C9H8O4S2. The van der Waals surface area contributed by atoms with Crippen LogP contribution in [0.5, 0.6) is 0 Å². The van der Waals surface area contributed by atoms with Crippen LogP contribution in [0.25, 0.3) is 0 Å². The van der Waals surface area contributed by atoms with E-state index in [1.54, 1.807) is 18.2 Å². The maximum absolute atomic E-state index is 11.4. The summed E-state index contributed by atoms with van der Waals surface area (Å²) in [4.78, 5) is 0. The standard InChI is InChI=1S/C9H8O4S2/c1-2-9(8-6-4-3-5-7-8)14(10,11)15(9,12)13/h2-7H,1H2. The first-order valence-electron chi connectivity index (χ1n) is 4.10. The molecule has 1 aromatic carbocycles. The van der Waals surface area contributed by atoms with E-state index in [1.807, 2.05) is 0 Å². The van der Waals surface area contributed by atoms with Gasteiger partial charge in [0.15, 0.2) is 0 Å². The van der Waals surface area contributed by atoms with Crippen molar-refractivity contribution in [3.05, 3.63) is 48.6 Å². The Bertz CT molecular complexity index is 579. The van der Waals surface area contributed by atoms with Crippen molar-refractivity contribution in [1.29, 1.82) is 0 Å². The van der Waals surface area contributed by atoms with E-state index < -0.39 is 21.8 Å². The lowest BCUT2D eigenvalue weighted by Crippen LogP contribution is -2.07. The number of hydrogen-bond donors (Lipinski definition) is 0. The normalized spacial score (nSPS) is 24.3. The third kappa shape index (κ3) is 0.908. The summed E-state index contributed by atoms with van der Waals surface area (Å²) >= 11 is 0. The average molecular weight is 244 g/mol. The molecule has 1 saturated heterocycles. The van der Waals surface area contributed by atoms with Gasteiger partial charge in [0.1, 0.15) is 0 Å². The van der Waals surface area contributed by atoms with Crippen LogP contribution in [0, 0.1) is 0 Å². The van der Waals surface area contributed by atoms with Crippen LogP contribution in [-0.4, -0.2) is 16.8 Å². The Labute approximate surface area is 87.5 Å². The molecule has 0 unspecified atom stereocenters. The molecule has 0 aromatic heterocycles. The zero-order valence-electron chi connectivity index (χ0n) is 7.62. The molecule has 4 nitrogen and oxygen atoms in total. The van der Waals surface area contributed by atoms with Gasteiger partial charge in [-0.1, -0.05) is 30.3 Å². The summed E-state index contributed by atoms with van der Waals surface area (Å²) in [7, 11) is -8.29. The van der Waals surface area contributed by atoms with Crippen LogP contribution in [-0.2, 0) is 21.8 Å². The lowest BCUT2D eigenvalue weighted by Gasteiger charge is -2.01. The second-order valence-electron chi connectivity index (χ2n) is 3.15. The highest BCUT2D eigenvalue weighted by molar-refractivity contribution is 8.83. The van der Waals surface area contributed by atoms with Gasteiger partial charge in [-0.15, -0.1) is 6.58 Å². The van der Waals surface area contributed by atoms with Crippen LogP contribution in [0.15, 0.2) is 43.0 Å². The number of rotatable bonds is 2. The maximum Gasteiger partial charge on any atom is 0.284 e. The molecule has 15 heavy (non-hydrogen) atoms. The summed E-state index contributed by atoms with van der Waals surface area (Å²) in [5.41, 5.74) is 0.222. The molecule has 1 aliphatic rings. The van der Waals surface area contributed by atoms with Crippen molar-refractivity contribution < 1.29 is 16.8 Å². The molecule has 1 heterocycles. The summed E-state index contributed by atoms with van der Waals surface area (Å²) < 4.78 is 43.8. The van der Waals surface area contributed by atoms with Crippen molar-refractivity contribution in [3.8, 4) is 0 Å². The number of hydrogen-bond acceptors (Lipinski definition) is 4. The first kappa shape index (κ1) is 10.4. The van der Waals surface area contributed by atoms with Crippen molar-refractivity contribution in [2.45, 2.75) is 4.08 Å². The Hall–Kier alpha value is -1.14. The van der Waals surface area contributed by atoms with Gasteiger partial charge in [0.05, 0.1) is 0 Å². The van der Waals surface area contributed by atoms with Gasteiger partial charge in [-0.2, -0.15) is 0 Å². The summed E-state index contributed by atoms with van der Waals surface area (Å²) in [6.07, 6.45) is 0.965. The molecule has 0 amide bonds. The Balaban J connectivity index is 2.80. The van der Waals surface area contributed by atoms with E-state index >= 15 is 0 Å². The predicted octanol–water partition coefficient (Wildman–Crippen LogP) is 0.784. The smallest absolute Gasteiger partial charge is 0.210 e. The molecule has 1 aromatic rings. The summed E-state index contributed by atoms with van der Waals surface area (Å²) in [5, 5.41) is 0. The minimum atomic E-state index is -4.15. The van der Waals surface area contributed by atoms with Gasteiger partial charge in [0, 0.05) is 0 Å². The Morgan fingerprint density at radius 1 is 1.00 bits per heavy atom. The molecule has 1 aliphatic heterocycles. The van der Waals surface area contributed by atoms with Crippen LogP contribution in [0.4, 0.5) is 0 Å². The molecule has 0 bridgehead atoms.